The Morgan fingerprint density at radius 2 is 1.90 bits per heavy atom. The lowest BCUT2D eigenvalue weighted by molar-refractivity contribution is 0.630. The molecule has 0 spiro atoms. The van der Waals surface area contributed by atoms with Crippen LogP contribution >= 0.6 is 0 Å². The molecule has 0 aromatic rings. The maximum atomic E-state index is 2.37. The Labute approximate surface area is 65.3 Å². The summed E-state index contributed by atoms with van der Waals surface area (Å²) >= 11 is 0. The Hall–Kier alpha value is -0.260. The topological polar surface area (TPSA) is 0 Å². The Balaban J connectivity index is 3.92. The molecule has 0 heteroatoms. The van der Waals surface area contributed by atoms with Gasteiger partial charge in [0, 0.05) is 0 Å². The molecular weight excluding hydrogens is 120 g/mol. The zero-order valence-corrected chi connectivity index (χ0v) is 7.78. The molecule has 0 bridgehead atoms. The molecule has 60 valence electrons. The quantitative estimate of drug-likeness (QED) is 0.521. The van der Waals surface area contributed by atoms with Crippen LogP contribution in [-0.4, -0.2) is 0 Å². The first-order chi connectivity index (χ1) is 4.76. The lowest BCUT2D eigenvalue weighted by Gasteiger charge is -2.11. The summed E-state index contributed by atoms with van der Waals surface area (Å²) in [6.07, 6.45) is 6.06. The van der Waals surface area contributed by atoms with Crippen LogP contribution in [0.15, 0.2) is 11.6 Å². The SMILES string of the molecule is CCC=C(CC)C(C)CC. The van der Waals surface area contributed by atoms with Crippen molar-refractivity contribution in [2.45, 2.75) is 47.0 Å². The van der Waals surface area contributed by atoms with E-state index in [0.29, 0.717) is 0 Å². The number of hydrogen-bond acceptors (Lipinski definition) is 0. The summed E-state index contributed by atoms with van der Waals surface area (Å²) in [5.41, 5.74) is 1.63. The molecule has 0 aliphatic carbocycles. The second-order valence-electron chi connectivity index (χ2n) is 2.85. The molecule has 0 aliphatic rings. The van der Waals surface area contributed by atoms with Gasteiger partial charge in [-0.2, -0.15) is 0 Å². The minimum absolute atomic E-state index is 0.796. The van der Waals surface area contributed by atoms with Crippen LogP contribution < -0.4 is 0 Å². The molecule has 0 aromatic heterocycles. The molecule has 10 heavy (non-hydrogen) atoms. The molecule has 0 rings (SSSR count). The van der Waals surface area contributed by atoms with Gasteiger partial charge >= 0.3 is 0 Å². The van der Waals surface area contributed by atoms with E-state index in [1.54, 1.807) is 5.57 Å². The Morgan fingerprint density at radius 1 is 1.30 bits per heavy atom. The second-order valence-corrected chi connectivity index (χ2v) is 2.85. The highest BCUT2D eigenvalue weighted by atomic mass is 14.1. The predicted octanol–water partition coefficient (Wildman–Crippen LogP) is 3.78. The fraction of sp³-hybridized carbons (Fsp3) is 0.800. The van der Waals surface area contributed by atoms with Crippen molar-refractivity contribution in [2.24, 2.45) is 5.92 Å². The summed E-state index contributed by atoms with van der Waals surface area (Å²) < 4.78 is 0. The maximum Gasteiger partial charge on any atom is -0.0234 e. The average Bonchev–Trinajstić information content (AvgIpc) is 1.99. The van der Waals surface area contributed by atoms with Gasteiger partial charge in [0.2, 0.25) is 0 Å². The molecule has 1 atom stereocenters. The number of allylic oxidation sites excluding steroid dienone is 2. The molecule has 0 nitrogen and oxygen atoms in total. The standard InChI is InChI=1S/C10H20/c1-5-8-10(7-3)9(4)6-2/h8-9H,5-7H2,1-4H3. The van der Waals surface area contributed by atoms with Gasteiger partial charge in [-0.25, -0.2) is 0 Å². The monoisotopic (exact) mass is 140 g/mol. The van der Waals surface area contributed by atoms with E-state index < -0.39 is 0 Å². The van der Waals surface area contributed by atoms with Crippen LogP contribution in [0.3, 0.4) is 0 Å². The van der Waals surface area contributed by atoms with Crippen molar-refractivity contribution in [3.05, 3.63) is 11.6 Å². The second kappa shape index (κ2) is 5.52. The number of rotatable bonds is 4. The van der Waals surface area contributed by atoms with E-state index in [0.717, 1.165) is 5.92 Å². The van der Waals surface area contributed by atoms with Gasteiger partial charge < -0.3 is 0 Å². The van der Waals surface area contributed by atoms with Crippen molar-refractivity contribution in [3.8, 4) is 0 Å². The van der Waals surface area contributed by atoms with E-state index in [4.69, 9.17) is 0 Å². The summed E-state index contributed by atoms with van der Waals surface area (Å²) in [5.74, 6) is 0.796. The normalized spacial score (nSPS) is 15.4. The molecule has 0 N–H and O–H groups in total. The van der Waals surface area contributed by atoms with E-state index in [1.807, 2.05) is 0 Å². The largest absolute Gasteiger partial charge is 0.0853 e. The lowest BCUT2D eigenvalue weighted by atomic mass is 9.95. The van der Waals surface area contributed by atoms with E-state index in [1.165, 1.54) is 19.3 Å². The van der Waals surface area contributed by atoms with Crippen molar-refractivity contribution in [3.63, 3.8) is 0 Å². The van der Waals surface area contributed by atoms with Crippen LogP contribution in [0.1, 0.15) is 47.0 Å². The van der Waals surface area contributed by atoms with Crippen LogP contribution in [0.25, 0.3) is 0 Å². The van der Waals surface area contributed by atoms with Gasteiger partial charge in [-0.3, -0.25) is 0 Å². The van der Waals surface area contributed by atoms with Crippen molar-refractivity contribution in [2.75, 3.05) is 0 Å². The third kappa shape index (κ3) is 3.05. The van der Waals surface area contributed by atoms with Gasteiger partial charge in [-0.15, -0.1) is 0 Å². The minimum atomic E-state index is 0.796. The lowest BCUT2D eigenvalue weighted by Crippen LogP contribution is -1.95. The average molecular weight is 140 g/mol. The number of hydrogen-bond donors (Lipinski definition) is 0. The first-order valence-corrected chi connectivity index (χ1v) is 4.45. The van der Waals surface area contributed by atoms with Crippen LogP contribution in [0.4, 0.5) is 0 Å². The van der Waals surface area contributed by atoms with Gasteiger partial charge in [0.25, 0.3) is 0 Å². The highest BCUT2D eigenvalue weighted by Crippen LogP contribution is 2.17. The molecular formula is C10H20. The first kappa shape index (κ1) is 9.74. The van der Waals surface area contributed by atoms with Gasteiger partial charge in [-0.05, 0) is 25.2 Å². The molecule has 0 saturated carbocycles. The molecule has 0 aromatic carbocycles. The molecule has 0 heterocycles. The predicted molar refractivity (Wildman–Crippen MR) is 48.1 cm³/mol. The Kier molecular flexibility index (Phi) is 5.38. The Bertz CT molecular complexity index is 101. The van der Waals surface area contributed by atoms with Crippen molar-refractivity contribution in [1.29, 1.82) is 0 Å². The van der Waals surface area contributed by atoms with E-state index >= 15 is 0 Å². The van der Waals surface area contributed by atoms with Crippen molar-refractivity contribution >= 4 is 0 Å². The fourth-order valence-corrected chi connectivity index (χ4v) is 1.22. The Morgan fingerprint density at radius 3 is 2.20 bits per heavy atom. The fourth-order valence-electron chi connectivity index (χ4n) is 1.22. The highest BCUT2D eigenvalue weighted by molar-refractivity contribution is 5.04. The zero-order valence-electron chi connectivity index (χ0n) is 7.78. The van der Waals surface area contributed by atoms with Crippen LogP contribution in [-0.2, 0) is 0 Å². The third-order valence-corrected chi connectivity index (χ3v) is 2.12. The van der Waals surface area contributed by atoms with Crippen LogP contribution in [0.5, 0.6) is 0 Å². The maximum absolute atomic E-state index is 2.37. The van der Waals surface area contributed by atoms with Gasteiger partial charge in [0.05, 0.1) is 0 Å². The smallest absolute Gasteiger partial charge is 0.0234 e. The van der Waals surface area contributed by atoms with E-state index in [9.17, 15) is 0 Å². The molecule has 1 unspecified atom stereocenters. The van der Waals surface area contributed by atoms with Gasteiger partial charge in [0.15, 0.2) is 0 Å². The molecule has 0 fully saturated rings. The summed E-state index contributed by atoms with van der Waals surface area (Å²) in [7, 11) is 0. The van der Waals surface area contributed by atoms with Crippen molar-refractivity contribution in [1.82, 2.24) is 0 Å². The molecule has 0 saturated heterocycles. The summed E-state index contributed by atoms with van der Waals surface area (Å²) in [6, 6.07) is 0. The summed E-state index contributed by atoms with van der Waals surface area (Å²) in [4.78, 5) is 0. The molecule has 0 radical (unpaired) electrons. The zero-order chi connectivity index (χ0) is 7.98. The highest BCUT2D eigenvalue weighted by Gasteiger charge is 2.01. The summed E-state index contributed by atoms with van der Waals surface area (Å²) in [6.45, 7) is 9.01. The van der Waals surface area contributed by atoms with Gasteiger partial charge in [0.1, 0.15) is 0 Å². The molecule has 0 amide bonds. The van der Waals surface area contributed by atoms with Crippen LogP contribution in [0.2, 0.25) is 0 Å². The van der Waals surface area contributed by atoms with Gasteiger partial charge in [-0.1, -0.05) is 39.3 Å². The summed E-state index contributed by atoms with van der Waals surface area (Å²) in [5, 5.41) is 0. The first-order valence-electron chi connectivity index (χ1n) is 4.45. The van der Waals surface area contributed by atoms with E-state index in [-0.39, 0.29) is 0 Å². The van der Waals surface area contributed by atoms with Crippen LogP contribution in [0, 0.1) is 5.92 Å². The van der Waals surface area contributed by atoms with E-state index in [2.05, 4.69) is 33.8 Å². The molecule has 0 aliphatic heterocycles. The third-order valence-electron chi connectivity index (χ3n) is 2.12. The van der Waals surface area contributed by atoms with Crippen molar-refractivity contribution < 1.29 is 0 Å². The minimum Gasteiger partial charge on any atom is -0.0853 e.